The highest BCUT2D eigenvalue weighted by molar-refractivity contribution is 5.97. The molecule has 2 saturated heterocycles. The maximum atomic E-state index is 14.7. The van der Waals surface area contributed by atoms with E-state index in [9.17, 15) is 14.3 Å². The van der Waals surface area contributed by atoms with Crippen LogP contribution >= 0.6 is 0 Å². The number of halogens is 1. The third kappa shape index (κ3) is 4.14. The number of carbonyl (C=O) groups excluding carboxylic acids is 1. The maximum absolute atomic E-state index is 14.7. The molecule has 3 heterocycles. The highest BCUT2D eigenvalue weighted by Crippen LogP contribution is 2.58. The van der Waals surface area contributed by atoms with Crippen molar-refractivity contribution in [3.05, 3.63) is 41.2 Å². The van der Waals surface area contributed by atoms with Crippen molar-refractivity contribution in [1.82, 2.24) is 0 Å². The fourth-order valence-electron chi connectivity index (χ4n) is 4.40. The standard InChI is InChI=1S/C24H29FO8/c1-13-6-7-16(25)19(26)20-21-24(33-21,23(2,3)32-20)9-8-14-10-15(29-5)11-17(30-12-28-4)18(14)22(27)31-13/h7-11,13,19-21,26H,6,12H2,1-5H3/b9-8+,16-7+/t13-,19?,20+,21+,24?/m0/s1. The number of fused-ring (bicyclic) bond motifs is 1. The van der Waals surface area contributed by atoms with Crippen LogP contribution in [0.2, 0.25) is 0 Å². The van der Waals surface area contributed by atoms with Crippen LogP contribution in [-0.4, -0.2) is 67.7 Å². The summed E-state index contributed by atoms with van der Waals surface area (Å²) in [4.78, 5) is 13.2. The lowest BCUT2D eigenvalue weighted by atomic mass is 9.87. The lowest BCUT2D eigenvalue weighted by Gasteiger charge is -2.29. The summed E-state index contributed by atoms with van der Waals surface area (Å²) in [5.41, 5.74) is -1.07. The maximum Gasteiger partial charge on any atom is 0.342 e. The van der Waals surface area contributed by atoms with Gasteiger partial charge in [-0.1, -0.05) is 6.08 Å². The van der Waals surface area contributed by atoms with E-state index in [1.165, 1.54) is 20.3 Å². The quantitative estimate of drug-likeness (QED) is 0.413. The van der Waals surface area contributed by atoms with Gasteiger partial charge in [0, 0.05) is 19.6 Å². The van der Waals surface area contributed by atoms with Gasteiger partial charge in [-0.15, -0.1) is 0 Å². The van der Waals surface area contributed by atoms with Gasteiger partial charge in [0.05, 0.1) is 12.7 Å². The van der Waals surface area contributed by atoms with Gasteiger partial charge < -0.3 is 33.5 Å². The third-order valence-electron chi connectivity index (χ3n) is 6.29. The molecule has 9 heteroatoms. The van der Waals surface area contributed by atoms with E-state index in [-0.39, 0.29) is 24.5 Å². The van der Waals surface area contributed by atoms with Gasteiger partial charge in [0.25, 0.3) is 0 Å². The van der Waals surface area contributed by atoms with Gasteiger partial charge in [-0.25, -0.2) is 9.18 Å². The van der Waals surface area contributed by atoms with Gasteiger partial charge in [0.2, 0.25) is 0 Å². The molecular weight excluding hydrogens is 435 g/mol. The number of epoxide rings is 1. The molecule has 5 atom stereocenters. The van der Waals surface area contributed by atoms with Gasteiger partial charge in [0.15, 0.2) is 6.79 Å². The summed E-state index contributed by atoms with van der Waals surface area (Å²) in [6.45, 7) is 5.19. The van der Waals surface area contributed by atoms with E-state index >= 15 is 0 Å². The number of methoxy groups -OCH3 is 2. The van der Waals surface area contributed by atoms with Crippen LogP contribution in [0.3, 0.4) is 0 Å². The molecule has 2 bridgehead atoms. The number of cyclic esters (lactones) is 1. The Kier molecular flexibility index (Phi) is 6.26. The lowest BCUT2D eigenvalue weighted by Crippen LogP contribution is -2.39. The molecule has 0 aliphatic carbocycles. The van der Waals surface area contributed by atoms with E-state index in [2.05, 4.69) is 0 Å². The van der Waals surface area contributed by atoms with E-state index in [1.807, 2.05) is 13.8 Å². The number of rotatable bonds is 4. The van der Waals surface area contributed by atoms with Gasteiger partial charge in [-0.05, 0) is 44.6 Å². The molecule has 33 heavy (non-hydrogen) atoms. The van der Waals surface area contributed by atoms with Gasteiger partial charge >= 0.3 is 5.97 Å². The van der Waals surface area contributed by atoms with Gasteiger partial charge in [-0.2, -0.15) is 0 Å². The first-order chi connectivity index (χ1) is 15.6. The first-order valence-corrected chi connectivity index (χ1v) is 10.8. The summed E-state index contributed by atoms with van der Waals surface area (Å²) in [7, 11) is 2.98. The molecule has 1 aromatic rings. The van der Waals surface area contributed by atoms with Crippen molar-refractivity contribution in [2.24, 2.45) is 0 Å². The summed E-state index contributed by atoms with van der Waals surface area (Å²) < 4.78 is 48.3. The topological polar surface area (TPSA) is 96.0 Å². The molecule has 0 saturated carbocycles. The zero-order valence-electron chi connectivity index (χ0n) is 19.3. The van der Waals surface area contributed by atoms with Crippen molar-refractivity contribution >= 4 is 12.0 Å². The SMILES string of the molecule is COCOc1cc(OC)cc2c1C(=O)O[C@@H](C)C/C=C(/F)C(O)[C@H]1OC(C)(C)C3(/C=C/2)O[C@H]13. The molecule has 0 amide bonds. The smallest absolute Gasteiger partial charge is 0.342 e. The minimum Gasteiger partial charge on any atom is -0.497 e. The predicted molar refractivity (Wildman–Crippen MR) is 116 cm³/mol. The van der Waals surface area contributed by atoms with E-state index < -0.39 is 47.4 Å². The van der Waals surface area contributed by atoms with E-state index in [1.54, 1.807) is 31.2 Å². The average Bonchev–Trinajstić information content (AvgIpc) is 3.48. The second-order valence-corrected chi connectivity index (χ2v) is 8.88. The molecule has 3 aliphatic heterocycles. The Morgan fingerprint density at radius 3 is 2.67 bits per heavy atom. The molecule has 180 valence electrons. The second-order valence-electron chi connectivity index (χ2n) is 8.88. The van der Waals surface area contributed by atoms with E-state index in [0.29, 0.717) is 11.3 Å². The first-order valence-electron chi connectivity index (χ1n) is 10.8. The number of carbonyl (C=O) groups is 1. The Bertz CT molecular complexity index is 987. The Morgan fingerprint density at radius 2 is 2.00 bits per heavy atom. The average molecular weight is 464 g/mol. The Labute approximate surface area is 191 Å². The van der Waals surface area contributed by atoms with Crippen molar-refractivity contribution in [3.63, 3.8) is 0 Å². The fraction of sp³-hybridized carbons (Fsp3) is 0.542. The second kappa shape index (κ2) is 8.72. The van der Waals surface area contributed by atoms with Crippen LogP contribution in [0.4, 0.5) is 4.39 Å². The molecule has 1 aromatic carbocycles. The molecule has 8 nitrogen and oxygen atoms in total. The highest BCUT2D eigenvalue weighted by Gasteiger charge is 2.75. The third-order valence-corrected chi connectivity index (χ3v) is 6.29. The van der Waals surface area contributed by atoms with Crippen LogP contribution in [0.15, 0.2) is 30.1 Å². The Balaban J connectivity index is 1.84. The van der Waals surface area contributed by atoms with E-state index in [0.717, 1.165) is 0 Å². The monoisotopic (exact) mass is 464 g/mol. The summed E-state index contributed by atoms with van der Waals surface area (Å²) in [5.74, 6) is -0.700. The van der Waals surface area contributed by atoms with Gasteiger partial charge in [0.1, 0.15) is 52.9 Å². The summed E-state index contributed by atoms with van der Waals surface area (Å²) in [5, 5.41) is 10.6. The molecule has 2 unspecified atom stereocenters. The van der Waals surface area contributed by atoms with Crippen LogP contribution in [0.5, 0.6) is 11.5 Å². The lowest BCUT2D eigenvalue weighted by molar-refractivity contribution is -0.129. The number of benzene rings is 1. The minimum atomic E-state index is -1.49. The van der Waals surface area contributed by atoms with Crippen LogP contribution in [0, 0.1) is 0 Å². The van der Waals surface area contributed by atoms with E-state index in [4.69, 9.17) is 28.4 Å². The summed E-state index contributed by atoms with van der Waals surface area (Å²) in [6, 6.07) is 3.26. The van der Waals surface area contributed by atoms with Crippen molar-refractivity contribution in [2.45, 2.75) is 62.8 Å². The van der Waals surface area contributed by atoms with Crippen molar-refractivity contribution in [3.8, 4) is 11.5 Å². The number of hydrogen-bond donors (Lipinski definition) is 1. The molecule has 3 aliphatic rings. The van der Waals surface area contributed by atoms with Crippen molar-refractivity contribution in [1.29, 1.82) is 0 Å². The minimum absolute atomic E-state index is 0.0665. The summed E-state index contributed by atoms with van der Waals surface area (Å²) >= 11 is 0. The molecule has 2 fully saturated rings. The largest absolute Gasteiger partial charge is 0.497 e. The zero-order valence-corrected chi connectivity index (χ0v) is 19.3. The highest BCUT2D eigenvalue weighted by atomic mass is 19.1. The number of esters is 1. The number of aliphatic hydroxyl groups is 1. The van der Waals surface area contributed by atoms with Crippen molar-refractivity contribution < 1.29 is 42.7 Å². The van der Waals surface area contributed by atoms with Crippen molar-refractivity contribution in [2.75, 3.05) is 21.0 Å². The first kappa shape index (κ1) is 23.7. The van der Waals surface area contributed by atoms with Crippen LogP contribution < -0.4 is 9.47 Å². The van der Waals surface area contributed by atoms with Crippen LogP contribution in [0.1, 0.15) is 43.1 Å². The molecule has 0 spiro atoms. The van der Waals surface area contributed by atoms with Crippen LogP contribution in [0.25, 0.3) is 6.08 Å². The Hall–Kier alpha value is -2.46. The molecular formula is C24H29FO8. The zero-order chi connectivity index (χ0) is 24.0. The number of aliphatic hydroxyl groups excluding tert-OH is 1. The predicted octanol–water partition coefficient (Wildman–Crippen LogP) is 3.17. The molecule has 0 aromatic heterocycles. The van der Waals surface area contributed by atoms with Gasteiger partial charge in [-0.3, -0.25) is 0 Å². The normalized spacial score (nSPS) is 35.2. The molecule has 1 N–H and O–H groups in total. The molecule has 0 radical (unpaired) electrons. The Morgan fingerprint density at radius 1 is 1.24 bits per heavy atom. The van der Waals surface area contributed by atoms with Crippen LogP contribution in [-0.2, 0) is 18.9 Å². The fourth-order valence-corrected chi connectivity index (χ4v) is 4.40. The number of hydrogen-bond acceptors (Lipinski definition) is 8. The molecule has 4 rings (SSSR count). The number of ether oxygens (including phenoxy) is 6. The summed E-state index contributed by atoms with van der Waals surface area (Å²) in [6.07, 6.45) is 1.20.